The first kappa shape index (κ1) is 21.2. The summed E-state index contributed by atoms with van der Waals surface area (Å²) in [4.78, 5) is 4.41. The Hall–Kier alpha value is -2.99. The van der Waals surface area contributed by atoms with Crippen molar-refractivity contribution in [1.29, 1.82) is 0 Å². The molecule has 1 unspecified atom stereocenters. The number of halogens is 1. The minimum absolute atomic E-state index is 0.0448. The highest BCUT2D eigenvalue weighted by Crippen LogP contribution is 2.40. The minimum Gasteiger partial charge on any atom is -0.355 e. The second-order valence-corrected chi connectivity index (χ2v) is 9.58. The third-order valence-electron chi connectivity index (χ3n) is 5.36. The maximum absolute atomic E-state index is 6.11. The van der Waals surface area contributed by atoms with Crippen LogP contribution in [0.3, 0.4) is 0 Å². The highest BCUT2D eigenvalue weighted by Gasteiger charge is 2.33. The fraction of sp³-hybridized carbons (Fsp3) is 0.333. The SMILES string of the molecule is CC(C)n1nnnc1C(c1ccc(Nc2ccnc3cc(Cl)ccc23)cc1)C(C)(C)C. The molecule has 2 aromatic heterocycles. The van der Waals surface area contributed by atoms with Crippen molar-refractivity contribution in [3.8, 4) is 0 Å². The van der Waals surface area contributed by atoms with E-state index in [1.54, 1.807) is 6.20 Å². The van der Waals surface area contributed by atoms with Crippen LogP contribution in [0.25, 0.3) is 10.9 Å². The Morgan fingerprint density at radius 3 is 2.42 bits per heavy atom. The average Bonchev–Trinajstić information content (AvgIpc) is 3.18. The standard InChI is InChI=1S/C24H27ClN6/c1-15(2)31-23(28-29-30-31)22(24(3,4)5)16-6-9-18(10-7-16)27-20-12-13-26-21-14-17(25)8-11-19(20)21/h6-15,22H,1-5H3,(H,26,27). The van der Waals surface area contributed by atoms with Gasteiger partial charge < -0.3 is 5.32 Å². The lowest BCUT2D eigenvalue weighted by molar-refractivity contribution is 0.329. The van der Waals surface area contributed by atoms with E-state index in [1.165, 1.54) is 5.56 Å². The van der Waals surface area contributed by atoms with Gasteiger partial charge in [0.15, 0.2) is 5.82 Å². The van der Waals surface area contributed by atoms with Gasteiger partial charge in [0, 0.05) is 28.0 Å². The average molecular weight is 435 g/mol. The van der Waals surface area contributed by atoms with Gasteiger partial charge >= 0.3 is 0 Å². The van der Waals surface area contributed by atoms with E-state index in [9.17, 15) is 0 Å². The Balaban J connectivity index is 1.66. The Kier molecular flexibility index (Phi) is 5.67. The summed E-state index contributed by atoms with van der Waals surface area (Å²) in [7, 11) is 0. The summed E-state index contributed by atoms with van der Waals surface area (Å²) in [5, 5.41) is 17.8. The monoisotopic (exact) mass is 434 g/mol. The molecule has 2 aromatic carbocycles. The number of hydrogen-bond donors (Lipinski definition) is 1. The van der Waals surface area contributed by atoms with Crippen LogP contribution in [0, 0.1) is 5.41 Å². The molecule has 1 atom stereocenters. The molecule has 7 heteroatoms. The summed E-state index contributed by atoms with van der Waals surface area (Å²) in [6, 6.07) is 16.4. The summed E-state index contributed by atoms with van der Waals surface area (Å²) >= 11 is 6.11. The van der Waals surface area contributed by atoms with E-state index in [4.69, 9.17) is 11.6 Å². The minimum atomic E-state index is -0.0448. The quantitative estimate of drug-likeness (QED) is 0.394. The molecule has 4 rings (SSSR count). The van der Waals surface area contributed by atoms with Gasteiger partial charge in [-0.25, -0.2) is 4.68 Å². The van der Waals surface area contributed by atoms with Gasteiger partial charge in [0.25, 0.3) is 0 Å². The fourth-order valence-electron chi connectivity index (χ4n) is 3.94. The van der Waals surface area contributed by atoms with E-state index in [-0.39, 0.29) is 17.4 Å². The first-order valence-corrected chi connectivity index (χ1v) is 10.8. The van der Waals surface area contributed by atoms with Crippen LogP contribution >= 0.6 is 11.6 Å². The number of pyridine rings is 1. The lowest BCUT2D eigenvalue weighted by atomic mass is 9.76. The van der Waals surface area contributed by atoms with Crippen molar-refractivity contribution in [2.75, 3.05) is 5.32 Å². The molecule has 160 valence electrons. The van der Waals surface area contributed by atoms with Gasteiger partial charge in [0.1, 0.15) is 0 Å². The van der Waals surface area contributed by atoms with Gasteiger partial charge in [-0.05, 0) is 71.7 Å². The Labute approximate surface area is 187 Å². The van der Waals surface area contributed by atoms with Gasteiger partial charge in [-0.15, -0.1) is 5.10 Å². The zero-order valence-corrected chi connectivity index (χ0v) is 19.2. The Bertz CT molecular complexity index is 1190. The molecule has 31 heavy (non-hydrogen) atoms. The van der Waals surface area contributed by atoms with Gasteiger partial charge in [-0.1, -0.05) is 44.5 Å². The summed E-state index contributed by atoms with van der Waals surface area (Å²) in [5.74, 6) is 0.961. The molecule has 0 fully saturated rings. The molecule has 0 radical (unpaired) electrons. The number of benzene rings is 2. The van der Waals surface area contributed by atoms with Crippen LogP contribution in [0.15, 0.2) is 54.7 Å². The van der Waals surface area contributed by atoms with Crippen molar-refractivity contribution in [2.24, 2.45) is 5.41 Å². The van der Waals surface area contributed by atoms with E-state index >= 15 is 0 Å². The molecular formula is C24H27ClN6. The number of tetrazole rings is 1. The molecule has 0 aliphatic rings. The van der Waals surface area contributed by atoms with Crippen molar-refractivity contribution < 1.29 is 0 Å². The molecule has 6 nitrogen and oxygen atoms in total. The smallest absolute Gasteiger partial charge is 0.159 e. The fourth-order valence-corrected chi connectivity index (χ4v) is 4.11. The number of rotatable bonds is 5. The zero-order valence-electron chi connectivity index (χ0n) is 18.5. The summed E-state index contributed by atoms with van der Waals surface area (Å²) in [5.41, 5.74) is 3.99. The maximum Gasteiger partial charge on any atom is 0.159 e. The van der Waals surface area contributed by atoms with Gasteiger partial charge in [-0.2, -0.15) is 0 Å². The summed E-state index contributed by atoms with van der Waals surface area (Å²) in [6.07, 6.45) is 1.79. The molecular weight excluding hydrogens is 408 g/mol. The molecule has 2 heterocycles. The molecule has 0 aliphatic heterocycles. The predicted octanol–water partition coefficient (Wildman–Crippen LogP) is 6.38. The van der Waals surface area contributed by atoms with E-state index in [0.29, 0.717) is 5.02 Å². The molecule has 1 N–H and O–H groups in total. The van der Waals surface area contributed by atoms with Crippen molar-refractivity contribution in [2.45, 2.75) is 46.6 Å². The van der Waals surface area contributed by atoms with Crippen molar-refractivity contribution in [3.05, 3.63) is 71.1 Å². The maximum atomic E-state index is 6.11. The highest BCUT2D eigenvalue weighted by molar-refractivity contribution is 6.31. The molecule has 4 aromatic rings. The molecule has 0 saturated heterocycles. The van der Waals surface area contributed by atoms with E-state index in [1.807, 2.05) is 28.9 Å². The van der Waals surface area contributed by atoms with Gasteiger partial charge in [0.2, 0.25) is 0 Å². The van der Waals surface area contributed by atoms with E-state index in [2.05, 4.69) is 84.7 Å². The van der Waals surface area contributed by atoms with Crippen LogP contribution < -0.4 is 5.32 Å². The van der Waals surface area contributed by atoms with Crippen molar-refractivity contribution in [3.63, 3.8) is 0 Å². The van der Waals surface area contributed by atoms with Gasteiger partial charge in [0.05, 0.1) is 17.5 Å². The highest BCUT2D eigenvalue weighted by atomic mass is 35.5. The predicted molar refractivity (Wildman–Crippen MR) is 126 cm³/mol. The van der Waals surface area contributed by atoms with Crippen LogP contribution in [0.2, 0.25) is 5.02 Å². The molecule has 0 amide bonds. The van der Waals surface area contributed by atoms with Crippen molar-refractivity contribution >= 4 is 33.9 Å². The summed E-state index contributed by atoms with van der Waals surface area (Å²) in [6.45, 7) is 10.9. The normalized spacial score (nSPS) is 13.0. The molecule has 0 spiro atoms. The largest absolute Gasteiger partial charge is 0.355 e. The Morgan fingerprint density at radius 1 is 1.00 bits per heavy atom. The summed E-state index contributed by atoms with van der Waals surface area (Å²) < 4.78 is 1.91. The number of aromatic nitrogens is 5. The number of fused-ring (bicyclic) bond motifs is 1. The van der Waals surface area contributed by atoms with Crippen LogP contribution in [-0.4, -0.2) is 25.2 Å². The first-order chi connectivity index (χ1) is 14.7. The number of hydrogen-bond acceptors (Lipinski definition) is 5. The van der Waals surface area contributed by atoms with Crippen LogP contribution in [0.5, 0.6) is 0 Å². The van der Waals surface area contributed by atoms with Crippen LogP contribution in [-0.2, 0) is 0 Å². The Morgan fingerprint density at radius 2 is 1.74 bits per heavy atom. The second-order valence-electron chi connectivity index (χ2n) is 9.14. The molecule has 0 aliphatic carbocycles. The zero-order chi connectivity index (χ0) is 22.2. The lowest BCUT2D eigenvalue weighted by Crippen LogP contribution is -2.24. The topological polar surface area (TPSA) is 68.5 Å². The van der Waals surface area contributed by atoms with E-state index < -0.39 is 0 Å². The third-order valence-corrected chi connectivity index (χ3v) is 5.59. The molecule has 0 bridgehead atoms. The lowest BCUT2D eigenvalue weighted by Gasteiger charge is -2.30. The van der Waals surface area contributed by atoms with E-state index in [0.717, 1.165) is 28.1 Å². The number of nitrogens with zero attached hydrogens (tertiary/aromatic N) is 5. The third kappa shape index (κ3) is 4.39. The second kappa shape index (κ2) is 8.27. The molecule has 0 saturated carbocycles. The van der Waals surface area contributed by atoms with Gasteiger partial charge in [-0.3, -0.25) is 4.98 Å². The number of anilines is 2. The van der Waals surface area contributed by atoms with Crippen LogP contribution in [0.4, 0.5) is 11.4 Å². The van der Waals surface area contributed by atoms with Crippen LogP contribution in [0.1, 0.15) is 58.0 Å². The first-order valence-electron chi connectivity index (χ1n) is 10.4. The van der Waals surface area contributed by atoms with Crippen molar-refractivity contribution in [1.82, 2.24) is 25.2 Å². The number of nitrogens with one attached hydrogen (secondary N) is 1.